The van der Waals surface area contributed by atoms with Gasteiger partial charge in [0.05, 0.1) is 24.6 Å². The molecule has 1 aliphatic heterocycles. The van der Waals surface area contributed by atoms with Crippen molar-refractivity contribution in [1.82, 2.24) is 14.9 Å². The van der Waals surface area contributed by atoms with Gasteiger partial charge in [0.15, 0.2) is 0 Å². The van der Waals surface area contributed by atoms with Gasteiger partial charge in [-0.25, -0.2) is 4.98 Å². The molecule has 2 aromatic heterocycles. The number of alkyl halides is 3. The number of methoxy groups -OCH3 is 1. The molecule has 1 fully saturated rings. The van der Waals surface area contributed by atoms with Gasteiger partial charge in [0.25, 0.3) is 0 Å². The highest BCUT2D eigenvalue weighted by Gasteiger charge is 2.33. The van der Waals surface area contributed by atoms with Gasteiger partial charge in [-0.2, -0.15) is 13.2 Å². The van der Waals surface area contributed by atoms with Crippen LogP contribution in [0.3, 0.4) is 0 Å². The summed E-state index contributed by atoms with van der Waals surface area (Å²) < 4.78 is 44.0. The monoisotopic (exact) mass is 417 g/mol. The van der Waals surface area contributed by atoms with E-state index in [-0.39, 0.29) is 18.2 Å². The highest BCUT2D eigenvalue weighted by molar-refractivity contribution is 5.79. The second-order valence-electron chi connectivity index (χ2n) is 7.56. The van der Waals surface area contributed by atoms with Crippen molar-refractivity contribution in [3.63, 3.8) is 0 Å². The molecule has 0 unspecified atom stereocenters. The number of carbonyl (C=O) groups excluding carboxylic acids is 1. The lowest BCUT2D eigenvalue weighted by Crippen LogP contribution is -2.40. The Bertz CT molecular complexity index is 1060. The number of benzene rings is 1. The molecule has 1 saturated heterocycles. The van der Waals surface area contributed by atoms with Crippen molar-refractivity contribution in [1.29, 1.82) is 0 Å². The molecule has 5 nitrogen and oxygen atoms in total. The lowest BCUT2D eigenvalue weighted by atomic mass is 9.94. The minimum absolute atomic E-state index is 0.0292. The Morgan fingerprint density at radius 1 is 1.27 bits per heavy atom. The number of pyridine rings is 1. The van der Waals surface area contributed by atoms with Crippen molar-refractivity contribution >= 4 is 16.9 Å². The molecule has 158 valence electrons. The van der Waals surface area contributed by atoms with Crippen molar-refractivity contribution in [3.8, 4) is 5.75 Å². The summed E-state index contributed by atoms with van der Waals surface area (Å²) in [6.45, 7) is 1.21. The summed E-state index contributed by atoms with van der Waals surface area (Å²) in [5, 5.41) is 0. The van der Waals surface area contributed by atoms with Crippen LogP contribution in [0.4, 0.5) is 13.2 Å². The van der Waals surface area contributed by atoms with Crippen molar-refractivity contribution in [2.75, 3.05) is 20.2 Å². The fraction of sp³-hybridized carbons (Fsp3) is 0.364. The van der Waals surface area contributed by atoms with E-state index in [1.165, 1.54) is 6.07 Å². The molecule has 1 aliphatic rings. The fourth-order valence-electron chi connectivity index (χ4n) is 3.93. The maximum absolute atomic E-state index is 12.9. The number of hydrogen-bond donors (Lipinski definition) is 1. The average molecular weight is 417 g/mol. The molecule has 3 aromatic rings. The first-order valence-corrected chi connectivity index (χ1v) is 9.81. The molecule has 1 amide bonds. The second-order valence-corrected chi connectivity index (χ2v) is 7.56. The fourth-order valence-corrected chi connectivity index (χ4v) is 3.93. The van der Waals surface area contributed by atoms with Crippen LogP contribution in [0.2, 0.25) is 0 Å². The predicted octanol–water partition coefficient (Wildman–Crippen LogP) is 4.54. The van der Waals surface area contributed by atoms with Crippen molar-refractivity contribution in [2.45, 2.75) is 31.4 Å². The first-order chi connectivity index (χ1) is 14.3. The Hall–Kier alpha value is -3.03. The zero-order valence-electron chi connectivity index (χ0n) is 16.5. The van der Waals surface area contributed by atoms with Crippen LogP contribution in [0.5, 0.6) is 5.75 Å². The molecule has 0 saturated carbocycles. The Morgan fingerprint density at radius 2 is 2.10 bits per heavy atom. The molecule has 30 heavy (non-hydrogen) atoms. The van der Waals surface area contributed by atoms with Crippen molar-refractivity contribution < 1.29 is 22.7 Å². The highest BCUT2D eigenvalue weighted by Crippen LogP contribution is 2.32. The lowest BCUT2D eigenvalue weighted by molar-refractivity contribution is -0.141. The van der Waals surface area contributed by atoms with Crippen LogP contribution in [-0.4, -0.2) is 41.0 Å². The Morgan fingerprint density at radius 3 is 2.87 bits per heavy atom. The van der Waals surface area contributed by atoms with E-state index in [0.717, 1.165) is 30.2 Å². The number of amides is 1. The topological polar surface area (TPSA) is 58.2 Å². The number of likely N-dealkylation sites (tertiary alicyclic amines) is 1. The van der Waals surface area contributed by atoms with E-state index in [9.17, 15) is 18.0 Å². The molecule has 0 radical (unpaired) electrons. The summed E-state index contributed by atoms with van der Waals surface area (Å²) in [5.74, 6) is 0.777. The number of piperidine rings is 1. The van der Waals surface area contributed by atoms with Crippen LogP contribution < -0.4 is 4.74 Å². The van der Waals surface area contributed by atoms with E-state index < -0.39 is 11.9 Å². The van der Waals surface area contributed by atoms with Crippen LogP contribution in [0, 0.1) is 0 Å². The number of hydrogen-bond acceptors (Lipinski definition) is 3. The number of aromatic amines is 1. The van der Waals surface area contributed by atoms with Gasteiger partial charge in [0, 0.05) is 24.7 Å². The van der Waals surface area contributed by atoms with Gasteiger partial charge in [-0.05, 0) is 48.7 Å². The summed E-state index contributed by atoms with van der Waals surface area (Å²) >= 11 is 0. The van der Waals surface area contributed by atoms with Crippen LogP contribution in [0.25, 0.3) is 11.0 Å². The third-order valence-corrected chi connectivity index (χ3v) is 5.49. The van der Waals surface area contributed by atoms with Gasteiger partial charge < -0.3 is 14.6 Å². The van der Waals surface area contributed by atoms with E-state index in [0.29, 0.717) is 29.9 Å². The number of halogens is 3. The number of carbonyl (C=O) groups is 1. The Kier molecular flexibility index (Phi) is 5.40. The zero-order chi connectivity index (χ0) is 21.3. The van der Waals surface area contributed by atoms with Crippen LogP contribution in [0.15, 0.2) is 42.5 Å². The molecule has 0 spiro atoms. The minimum Gasteiger partial charge on any atom is -0.497 e. The molecule has 1 aromatic carbocycles. The summed E-state index contributed by atoms with van der Waals surface area (Å²) in [4.78, 5) is 21.6. The normalized spacial score (nSPS) is 17.3. The van der Waals surface area contributed by atoms with Gasteiger partial charge in [-0.3, -0.25) is 4.79 Å². The summed E-state index contributed by atoms with van der Waals surface area (Å²) in [5.41, 5.74) is 1.66. The van der Waals surface area contributed by atoms with Crippen LogP contribution in [-0.2, 0) is 17.4 Å². The number of fused-ring (bicyclic) bond motifs is 1. The summed E-state index contributed by atoms with van der Waals surface area (Å²) in [6.07, 6.45) is -2.49. The second kappa shape index (κ2) is 8.01. The quantitative estimate of drug-likeness (QED) is 0.678. The lowest BCUT2D eigenvalue weighted by Gasteiger charge is -2.32. The largest absolute Gasteiger partial charge is 0.497 e. The Balaban J connectivity index is 1.48. The third-order valence-electron chi connectivity index (χ3n) is 5.49. The number of rotatable bonds is 4. The molecule has 1 atom stereocenters. The smallest absolute Gasteiger partial charge is 0.433 e. The average Bonchev–Trinajstić information content (AvgIpc) is 3.17. The number of aromatic nitrogens is 2. The highest BCUT2D eigenvalue weighted by atomic mass is 19.4. The Labute approximate surface area is 171 Å². The maximum atomic E-state index is 12.9. The molecule has 3 heterocycles. The van der Waals surface area contributed by atoms with Gasteiger partial charge in [0.1, 0.15) is 11.4 Å². The SMILES string of the molecule is COc1cccc(CC(=O)N2CCC[C@@H](c3cc4nc(C(F)(F)F)ccc4[nH]3)C2)c1. The van der Waals surface area contributed by atoms with Gasteiger partial charge >= 0.3 is 6.18 Å². The molecule has 4 rings (SSSR count). The van der Waals surface area contributed by atoms with Crippen LogP contribution in [0.1, 0.15) is 35.7 Å². The number of nitrogens with zero attached hydrogens (tertiary/aromatic N) is 2. The van der Waals surface area contributed by atoms with E-state index in [1.54, 1.807) is 13.2 Å². The van der Waals surface area contributed by atoms with E-state index >= 15 is 0 Å². The summed E-state index contributed by atoms with van der Waals surface area (Å²) in [7, 11) is 1.59. The first kappa shape index (κ1) is 20.3. The van der Waals surface area contributed by atoms with E-state index in [1.807, 2.05) is 29.2 Å². The molecular weight excluding hydrogens is 395 g/mol. The summed E-state index contributed by atoms with van der Waals surface area (Å²) in [6, 6.07) is 11.5. The van der Waals surface area contributed by atoms with Crippen LogP contribution >= 0.6 is 0 Å². The van der Waals surface area contributed by atoms with E-state index in [2.05, 4.69) is 9.97 Å². The molecule has 8 heteroatoms. The van der Waals surface area contributed by atoms with E-state index in [4.69, 9.17) is 4.74 Å². The van der Waals surface area contributed by atoms with Crippen molar-refractivity contribution in [2.24, 2.45) is 0 Å². The van der Waals surface area contributed by atoms with Gasteiger partial charge in [-0.15, -0.1) is 0 Å². The zero-order valence-corrected chi connectivity index (χ0v) is 16.5. The van der Waals surface area contributed by atoms with Gasteiger partial charge in [-0.1, -0.05) is 12.1 Å². The third kappa shape index (κ3) is 4.27. The van der Waals surface area contributed by atoms with Gasteiger partial charge in [0.2, 0.25) is 5.91 Å². The molecule has 0 bridgehead atoms. The number of ether oxygens (including phenoxy) is 1. The minimum atomic E-state index is -4.47. The molecule has 0 aliphatic carbocycles. The molecular formula is C22H22F3N3O2. The first-order valence-electron chi connectivity index (χ1n) is 9.81. The van der Waals surface area contributed by atoms with Crippen molar-refractivity contribution in [3.05, 3.63) is 59.4 Å². The molecule has 1 N–H and O–H groups in total. The number of H-pyrrole nitrogens is 1. The number of nitrogens with one attached hydrogen (secondary N) is 1. The standard InChI is InChI=1S/C22H22F3N3O2/c1-30-16-6-2-4-14(10-16)11-21(29)28-9-3-5-15(13-28)18-12-19-17(26-18)7-8-20(27-19)22(23,24)25/h2,4,6-8,10,12,15,26H,3,5,9,11,13H2,1H3/t15-/m1/s1. The maximum Gasteiger partial charge on any atom is 0.433 e. The predicted molar refractivity (Wildman–Crippen MR) is 106 cm³/mol.